The molecule has 7 nitrogen and oxygen atoms in total. The van der Waals surface area contributed by atoms with Gasteiger partial charge < -0.3 is 9.32 Å². The monoisotopic (exact) mass is 375 g/mol. The molecule has 1 aliphatic rings. The van der Waals surface area contributed by atoms with Crippen LogP contribution in [0.2, 0.25) is 0 Å². The molecule has 0 aliphatic carbocycles. The molecule has 8 heteroatoms. The Bertz CT molecular complexity index is 951. The fraction of sp³-hybridized carbons (Fsp3) is 0.444. The number of aryl methyl sites for hydroxylation is 1. The number of carbonyl (C=O) groups is 1. The van der Waals surface area contributed by atoms with E-state index in [1.54, 1.807) is 40.9 Å². The van der Waals surface area contributed by atoms with E-state index in [-0.39, 0.29) is 34.6 Å². The number of hydrogen-bond donors (Lipinski definition) is 0. The molecule has 0 unspecified atom stereocenters. The fourth-order valence-electron chi connectivity index (χ4n) is 3.40. The highest BCUT2D eigenvalue weighted by atomic mass is 32.2. The van der Waals surface area contributed by atoms with Gasteiger partial charge in [-0.1, -0.05) is 6.92 Å². The highest BCUT2D eigenvalue weighted by Crippen LogP contribution is 2.29. The van der Waals surface area contributed by atoms with E-state index < -0.39 is 9.84 Å². The molecular weight excluding hydrogens is 354 g/mol. The van der Waals surface area contributed by atoms with Gasteiger partial charge in [0, 0.05) is 25.0 Å². The Hall–Kier alpha value is -2.53. The summed E-state index contributed by atoms with van der Waals surface area (Å²) in [5.74, 6) is 0.383. The Kier molecular flexibility index (Phi) is 4.92. The minimum Gasteiger partial charge on any atom is -0.443 e. The zero-order valence-corrected chi connectivity index (χ0v) is 15.6. The lowest BCUT2D eigenvalue weighted by Crippen LogP contribution is -2.42. The van der Waals surface area contributed by atoms with Gasteiger partial charge in [-0.25, -0.2) is 8.42 Å². The van der Waals surface area contributed by atoms with Crippen LogP contribution in [0.15, 0.2) is 28.9 Å². The second-order valence-electron chi connectivity index (χ2n) is 6.47. The Morgan fingerprint density at radius 2 is 2.12 bits per heavy atom. The van der Waals surface area contributed by atoms with Crippen LogP contribution in [-0.2, 0) is 9.84 Å². The third-order valence-corrected chi connectivity index (χ3v) is 6.36. The molecule has 0 aromatic carbocycles. The van der Waals surface area contributed by atoms with E-state index in [9.17, 15) is 18.5 Å². The Labute approximate surface area is 152 Å². The van der Waals surface area contributed by atoms with Crippen LogP contribution in [0.5, 0.6) is 0 Å². The number of aromatic nitrogens is 1. The Morgan fingerprint density at radius 3 is 2.65 bits per heavy atom. The molecule has 0 N–H and O–H groups in total. The summed E-state index contributed by atoms with van der Waals surface area (Å²) in [7, 11) is -3.12. The van der Waals surface area contributed by atoms with Crippen LogP contribution in [0.25, 0.3) is 5.88 Å². The molecule has 1 fully saturated rings. The maximum absolute atomic E-state index is 13.2. The minimum absolute atomic E-state index is 0.0258. The van der Waals surface area contributed by atoms with Crippen molar-refractivity contribution in [1.29, 1.82) is 5.26 Å². The van der Waals surface area contributed by atoms with Gasteiger partial charge in [0.15, 0.2) is 9.84 Å². The van der Waals surface area contributed by atoms with Gasteiger partial charge in [0.1, 0.15) is 23.0 Å². The largest absolute Gasteiger partial charge is 0.443 e. The molecule has 0 bridgehead atoms. The van der Waals surface area contributed by atoms with Crippen molar-refractivity contribution in [2.75, 3.05) is 18.1 Å². The van der Waals surface area contributed by atoms with Crippen molar-refractivity contribution in [3.8, 4) is 12.0 Å². The SMILES string of the molecule is CCCN(C(=O)c1c(C)oc(-n2cccc2)c1C#N)[C@H]1CCS(=O)(=O)C1. The van der Waals surface area contributed by atoms with Gasteiger partial charge in [0.25, 0.3) is 5.91 Å². The van der Waals surface area contributed by atoms with Gasteiger partial charge >= 0.3 is 0 Å². The number of nitrogens with zero attached hydrogens (tertiary/aromatic N) is 3. The van der Waals surface area contributed by atoms with Crippen LogP contribution < -0.4 is 0 Å². The molecule has 1 amide bonds. The lowest BCUT2D eigenvalue weighted by atomic mass is 10.1. The summed E-state index contributed by atoms with van der Waals surface area (Å²) in [6, 6.07) is 5.32. The summed E-state index contributed by atoms with van der Waals surface area (Å²) < 4.78 is 31.0. The zero-order valence-electron chi connectivity index (χ0n) is 14.8. The van der Waals surface area contributed by atoms with Gasteiger partial charge in [-0.15, -0.1) is 0 Å². The van der Waals surface area contributed by atoms with Crippen molar-refractivity contribution in [1.82, 2.24) is 9.47 Å². The number of sulfone groups is 1. The zero-order chi connectivity index (χ0) is 18.9. The van der Waals surface area contributed by atoms with E-state index >= 15 is 0 Å². The quantitative estimate of drug-likeness (QED) is 0.799. The van der Waals surface area contributed by atoms with Gasteiger partial charge in [-0.05, 0) is 31.9 Å². The maximum atomic E-state index is 13.2. The second-order valence-corrected chi connectivity index (χ2v) is 8.70. The highest BCUT2D eigenvalue weighted by molar-refractivity contribution is 7.91. The molecule has 1 saturated heterocycles. The number of furan rings is 1. The lowest BCUT2D eigenvalue weighted by Gasteiger charge is -2.27. The van der Waals surface area contributed by atoms with E-state index in [0.717, 1.165) is 0 Å². The third-order valence-electron chi connectivity index (χ3n) is 4.60. The number of carbonyl (C=O) groups excluding carboxylic acids is 1. The van der Waals surface area contributed by atoms with E-state index in [1.165, 1.54) is 0 Å². The topological polar surface area (TPSA) is 96.3 Å². The van der Waals surface area contributed by atoms with Crippen LogP contribution in [0.1, 0.15) is 41.4 Å². The number of hydrogen-bond acceptors (Lipinski definition) is 5. The van der Waals surface area contributed by atoms with Crippen molar-refractivity contribution >= 4 is 15.7 Å². The molecule has 0 radical (unpaired) electrons. The first-order valence-corrected chi connectivity index (χ1v) is 10.4. The summed E-state index contributed by atoms with van der Waals surface area (Å²) in [5.41, 5.74) is 0.389. The molecule has 2 aromatic heterocycles. The van der Waals surface area contributed by atoms with Crippen molar-refractivity contribution in [2.24, 2.45) is 0 Å². The fourth-order valence-corrected chi connectivity index (χ4v) is 5.13. The molecule has 1 atom stereocenters. The van der Waals surface area contributed by atoms with E-state index in [0.29, 0.717) is 31.0 Å². The molecule has 0 saturated carbocycles. The maximum Gasteiger partial charge on any atom is 0.259 e. The molecule has 1 aliphatic heterocycles. The molecule has 0 spiro atoms. The second kappa shape index (κ2) is 7.00. The van der Waals surface area contributed by atoms with E-state index in [1.807, 2.05) is 6.92 Å². The van der Waals surface area contributed by atoms with Crippen LogP contribution in [-0.4, -0.2) is 47.9 Å². The molecule has 2 aromatic rings. The average molecular weight is 375 g/mol. The first kappa shape index (κ1) is 18.3. The van der Waals surface area contributed by atoms with Crippen LogP contribution in [0, 0.1) is 18.3 Å². The van der Waals surface area contributed by atoms with Crippen LogP contribution >= 0.6 is 0 Å². The summed E-state index contributed by atoms with van der Waals surface area (Å²) in [4.78, 5) is 14.8. The summed E-state index contributed by atoms with van der Waals surface area (Å²) in [6.45, 7) is 4.02. The standard InChI is InChI=1S/C18H21N3O4S/c1-3-7-21(14-6-10-26(23,24)12-14)17(22)16-13(2)25-18(15(16)11-19)20-8-4-5-9-20/h4-5,8-9,14H,3,6-7,10,12H2,1-2H3/t14-/m0/s1. The smallest absolute Gasteiger partial charge is 0.259 e. The number of rotatable bonds is 5. The van der Waals surface area contributed by atoms with Gasteiger partial charge in [-0.2, -0.15) is 5.26 Å². The molecule has 3 heterocycles. The van der Waals surface area contributed by atoms with Gasteiger partial charge in [0.05, 0.1) is 11.5 Å². The summed E-state index contributed by atoms with van der Waals surface area (Å²) in [5, 5.41) is 9.63. The number of amides is 1. The van der Waals surface area contributed by atoms with Crippen LogP contribution in [0.3, 0.4) is 0 Å². The molecule has 3 rings (SSSR count). The van der Waals surface area contributed by atoms with Crippen molar-refractivity contribution in [3.63, 3.8) is 0 Å². The van der Waals surface area contributed by atoms with Crippen LogP contribution in [0.4, 0.5) is 0 Å². The van der Waals surface area contributed by atoms with Crippen molar-refractivity contribution < 1.29 is 17.6 Å². The molecular formula is C18H21N3O4S. The lowest BCUT2D eigenvalue weighted by molar-refractivity contribution is 0.0695. The van der Waals surface area contributed by atoms with Gasteiger partial charge in [0.2, 0.25) is 5.88 Å². The normalized spacial score (nSPS) is 18.6. The first-order chi connectivity index (χ1) is 12.4. The first-order valence-electron chi connectivity index (χ1n) is 8.56. The molecule has 138 valence electrons. The van der Waals surface area contributed by atoms with E-state index in [2.05, 4.69) is 6.07 Å². The Morgan fingerprint density at radius 1 is 1.42 bits per heavy atom. The van der Waals surface area contributed by atoms with Gasteiger partial charge in [-0.3, -0.25) is 9.36 Å². The molecule has 26 heavy (non-hydrogen) atoms. The highest BCUT2D eigenvalue weighted by Gasteiger charge is 2.37. The summed E-state index contributed by atoms with van der Waals surface area (Å²) >= 11 is 0. The van der Waals surface area contributed by atoms with E-state index in [4.69, 9.17) is 4.42 Å². The Balaban J connectivity index is 2.01. The average Bonchev–Trinajstić information content (AvgIpc) is 3.30. The minimum atomic E-state index is -3.12. The van der Waals surface area contributed by atoms with Crippen molar-refractivity contribution in [2.45, 2.75) is 32.7 Å². The number of nitriles is 1. The summed E-state index contributed by atoms with van der Waals surface area (Å²) in [6.07, 6.45) is 4.60. The van der Waals surface area contributed by atoms with Crippen molar-refractivity contribution in [3.05, 3.63) is 41.4 Å². The predicted octanol–water partition coefficient (Wildman–Crippen LogP) is 2.29. The third kappa shape index (κ3) is 3.27. The predicted molar refractivity (Wildman–Crippen MR) is 95.9 cm³/mol.